The van der Waals surface area contributed by atoms with Gasteiger partial charge in [-0.2, -0.15) is 0 Å². The molecule has 0 radical (unpaired) electrons. The fourth-order valence-electron chi connectivity index (χ4n) is 0.742. The predicted octanol–water partition coefficient (Wildman–Crippen LogP) is 3.58. The normalized spacial score (nSPS) is 10.2. The van der Waals surface area contributed by atoms with Crippen molar-refractivity contribution in [2.24, 2.45) is 0 Å². The lowest BCUT2D eigenvalue weighted by atomic mass is 10.3. The summed E-state index contributed by atoms with van der Waals surface area (Å²) in [5.41, 5.74) is 0. The Kier molecular flexibility index (Phi) is 4.58. The zero-order chi connectivity index (χ0) is 9.84. The highest BCUT2D eigenvalue weighted by molar-refractivity contribution is 14.1. The zero-order valence-corrected chi connectivity index (χ0v) is 10.5. The highest BCUT2D eigenvalue weighted by atomic mass is 127. The van der Waals surface area contributed by atoms with E-state index in [9.17, 15) is 0 Å². The van der Waals surface area contributed by atoms with Gasteiger partial charge in [0.1, 0.15) is 5.75 Å². The number of hydrogen-bond donors (Lipinski definition) is 0. The van der Waals surface area contributed by atoms with Gasteiger partial charge in [0.15, 0.2) is 6.79 Å². The maximum absolute atomic E-state index is 5.90. The topological polar surface area (TPSA) is 18.5 Å². The van der Waals surface area contributed by atoms with Gasteiger partial charge in [-0.1, -0.05) is 23.2 Å². The second kappa shape index (κ2) is 5.24. The van der Waals surface area contributed by atoms with Crippen LogP contribution in [-0.4, -0.2) is 13.9 Å². The van der Waals surface area contributed by atoms with E-state index in [0.29, 0.717) is 15.8 Å². The summed E-state index contributed by atoms with van der Waals surface area (Å²) in [4.78, 5) is 0. The largest absolute Gasteiger partial charge is 0.466 e. The monoisotopic (exact) mass is 332 g/mol. The molecule has 0 atom stereocenters. The van der Waals surface area contributed by atoms with Gasteiger partial charge in [0.05, 0.1) is 13.6 Å². The zero-order valence-electron chi connectivity index (χ0n) is 6.81. The summed E-state index contributed by atoms with van der Waals surface area (Å²) in [5, 5.41) is 1.03. The van der Waals surface area contributed by atoms with Gasteiger partial charge < -0.3 is 9.47 Å². The van der Waals surface area contributed by atoms with Crippen molar-refractivity contribution in [3.63, 3.8) is 0 Å². The molecule has 0 aliphatic rings. The molecule has 0 N–H and O–H groups in total. The second-order valence-electron chi connectivity index (χ2n) is 2.22. The SMILES string of the molecule is COCOc1ccc(Cl)c(Cl)c1I. The van der Waals surface area contributed by atoms with Crippen LogP contribution in [-0.2, 0) is 4.74 Å². The fourth-order valence-corrected chi connectivity index (χ4v) is 1.84. The Labute approximate surface area is 100 Å². The van der Waals surface area contributed by atoms with Crippen molar-refractivity contribution in [3.8, 4) is 5.75 Å². The van der Waals surface area contributed by atoms with Gasteiger partial charge >= 0.3 is 0 Å². The molecule has 5 heteroatoms. The molecule has 0 saturated heterocycles. The molecular weight excluding hydrogens is 326 g/mol. The number of methoxy groups -OCH3 is 1. The molecule has 0 fully saturated rings. The first-order chi connectivity index (χ1) is 6.16. The van der Waals surface area contributed by atoms with E-state index >= 15 is 0 Å². The Balaban J connectivity index is 2.90. The molecule has 72 valence electrons. The third kappa shape index (κ3) is 2.87. The Morgan fingerprint density at radius 1 is 1.38 bits per heavy atom. The van der Waals surface area contributed by atoms with E-state index in [4.69, 9.17) is 32.7 Å². The number of halogens is 3. The molecule has 13 heavy (non-hydrogen) atoms. The van der Waals surface area contributed by atoms with E-state index in [0.717, 1.165) is 3.57 Å². The van der Waals surface area contributed by atoms with Crippen LogP contribution in [0.1, 0.15) is 0 Å². The molecular formula is C8H7Cl2IO2. The van der Waals surface area contributed by atoms with Crippen LogP contribution < -0.4 is 4.74 Å². The van der Waals surface area contributed by atoms with Crippen molar-refractivity contribution in [1.82, 2.24) is 0 Å². The standard InChI is InChI=1S/C8H7Cl2IO2/c1-12-4-13-6-3-2-5(9)7(10)8(6)11/h2-3H,4H2,1H3. The van der Waals surface area contributed by atoms with Crippen LogP contribution in [0.25, 0.3) is 0 Å². The van der Waals surface area contributed by atoms with Crippen LogP contribution in [0, 0.1) is 3.57 Å². The number of hydrogen-bond acceptors (Lipinski definition) is 2. The van der Waals surface area contributed by atoms with Gasteiger partial charge in [0.2, 0.25) is 0 Å². The van der Waals surface area contributed by atoms with E-state index < -0.39 is 0 Å². The molecule has 1 aromatic rings. The molecule has 0 saturated carbocycles. The Bertz CT molecular complexity index is 304. The molecule has 0 unspecified atom stereocenters. The van der Waals surface area contributed by atoms with E-state index in [1.807, 2.05) is 0 Å². The maximum Gasteiger partial charge on any atom is 0.188 e. The first-order valence-corrected chi connectivity index (χ1v) is 5.25. The summed E-state index contributed by atoms with van der Waals surface area (Å²) < 4.78 is 10.8. The van der Waals surface area contributed by atoms with Crippen molar-refractivity contribution in [2.45, 2.75) is 0 Å². The molecule has 0 bridgehead atoms. The van der Waals surface area contributed by atoms with Crippen molar-refractivity contribution in [1.29, 1.82) is 0 Å². The lowest BCUT2D eigenvalue weighted by molar-refractivity contribution is 0.0505. The van der Waals surface area contributed by atoms with E-state index in [1.165, 1.54) is 0 Å². The minimum atomic E-state index is 0.202. The number of rotatable bonds is 3. The van der Waals surface area contributed by atoms with Crippen LogP contribution in [0.2, 0.25) is 10.0 Å². The van der Waals surface area contributed by atoms with Gasteiger partial charge in [-0.05, 0) is 34.7 Å². The van der Waals surface area contributed by atoms with Crippen molar-refractivity contribution >= 4 is 45.8 Å². The smallest absolute Gasteiger partial charge is 0.188 e. The number of ether oxygens (including phenoxy) is 2. The quantitative estimate of drug-likeness (QED) is 0.478. The first-order valence-electron chi connectivity index (χ1n) is 3.42. The summed E-state index contributed by atoms with van der Waals surface area (Å²) in [6.45, 7) is 0.202. The van der Waals surface area contributed by atoms with Crippen LogP contribution >= 0.6 is 45.8 Å². The van der Waals surface area contributed by atoms with Crippen LogP contribution in [0.3, 0.4) is 0 Å². The molecule has 1 aromatic carbocycles. The van der Waals surface area contributed by atoms with Crippen LogP contribution in [0.4, 0.5) is 0 Å². The Hall–Kier alpha value is 0.290. The van der Waals surface area contributed by atoms with Gasteiger partial charge in [-0.3, -0.25) is 0 Å². The lowest BCUT2D eigenvalue weighted by Crippen LogP contribution is -2.00. The molecule has 0 aliphatic heterocycles. The van der Waals surface area contributed by atoms with Crippen LogP contribution in [0.5, 0.6) is 5.75 Å². The summed E-state index contributed by atoms with van der Waals surface area (Å²) in [6.07, 6.45) is 0. The lowest BCUT2D eigenvalue weighted by Gasteiger charge is -2.08. The fraction of sp³-hybridized carbons (Fsp3) is 0.250. The first kappa shape index (κ1) is 11.4. The van der Waals surface area contributed by atoms with Crippen molar-refractivity contribution in [2.75, 3.05) is 13.9 Å². The maximum atomic E-state index is 5.90. The molecule has 1 rings (SSSR count). The van der Waals surface area contributed by atoms with E-state index in [2.05, 4.69) is 22.6 Å². The predicted molar refractivity (Wildman–Crippen MR) is 61.7 cm³/mol. The molecule has 2 nitrogen and oxygen atoms in total. The Morgan fingerprint density at radius 3 is 2.69 bits per heavy atom. The average molecular weight is 333 g/mol. The minimum absolute atomic E-state index is 0.202. The minimum Gasteiger partial charge on any atom is -0.466 e. The molecule has 0 aliphatic carbocycles. The summed E-state index contributed by atoms with van der Waals surface area (Å²) in [6, 6.07) is 3.45. The summed E-state index contributed by atoms with van der Waals surface area (Å²) in [7, 11) is 1.56. The molecule has 0 heterocycles. The van der Waals surface area contributed by atoms with Crippen molar-refractivity contribution < 1.29 is 9.47 Å². The van der Waals surface area contributed by atoms with Crippen molar-refractivity contribution in [3.05, 3.63) is 25.7 Å². The molecule has 0 aromatic heterocycles. The summed E-state index contributed by atoms with van der Waals surface area (Å²) >= 11 is 13.8. The van der Waals surface area contributed by atoms with Gasteiger partial charge in [-0.15, -0.1) is 0 Å². The van der Waals surface area contributed by atoms with Crippen LogP contribution in [0.15, 0.2) is 12.1 Å². The Morgan fingerprint density at radius 2 is 2.08 bits per heavy atom. The van der Waals surface area contributed by atoms with Gasteiger partial charge in [0.25, 0.3) is 0 Å². The average Bonchev–Trinajstić information content (AvgIpc) is 2.13. The second-order valence-corrected chi connectivity index (χ2v) is 4.09. The van der Waals surface area contributed by atoms with Gasteiger partial charge in [0, 0.05) is 7.11 Å². The highest BCUT2D eigenvalue weighted by Gasteiger charge is 2.08. The van der Waals surface area contributed by atoms with E-state index in [-0.39, 0.29) is 6.79 Å². The number of benzene rings is 1. The molecule has 0 amide bonds. The third-order valence-electron chi connectivity index (χ3n) is 1.33. The molecule has 0 spiro atoms. The van der Waals surface area contributed by atoms with Gasteiger partial charge in [-0.25, -0.2) is 0 Å². The third-order valence-corrected chi connectivity index (χ3v) is 3.53. The summed E-state index contributed by atoms with van der Waals surface area (Å²) in [5.74, 6) is 0.678. The highest BCUT2D eigenvalue weighted by Crippen LogP contribution is 2.33. The van der Waals surface area contributed by atoms with E-state index in [1.54, 1.807) is 19.2 Å².